The lowest BCUT2D eigenvalue weighted by atomic mass is 10.0. The number of hydrogen-bond donors (Lipinski definition) is 1. The number of hydrogen-bond acceptors (Lipinski definition) is 4. The maximum Gasteiger partial charge on any atom is 0.251 e. The van der Waals surface area contributed by atoms with Gasteiger partial charge in [0.1, 0.15) is 12.4 Å². The van der Waals surface area contributed by atoms with Crippen molar-refractivity contribution in [2.24, 2.45) is 0 Å². The first-order valence-corrected chi connectivity index (χ1v) is 13.5. The van der Waals surface area contributed by atoms with Crippen molar-refractivity contribution in [3.05, 3.63) is 94.8 Å². The third-order valence-corrected chi connectivity index (χ3v) is 7.00. The second-order valence-electron chi connectivity index (χ2n) is 9.98. The maximum absolute atomic E-state index is 14.1. The molecule has 0 fully saturated rings. The molecule has 1 N–H and O–H groups in total. The quantitative estimate of drug-likeness (QED) is 0.289. The third-order valence-electron chi connectivity index (χ3n) is 7.00. The van der Waals surface area contributed by atoms with Crippen LogP contribution in [0, 0.1) is 13.8 Å². The highest BCUT2D eigenvalue weighted by Gasteiger charge is 2.27. The number of ether oxygens (including phenoxy) is 1. The first kappa shape index (κ1) is 28.0. The van der Waals surface area contributed by atoms with Gasteiger partial charge in [0.25, 0.3) is 5.91 Å². The van der Waals surface area contributed by atoms with Gasteiger partial charge >= 0.3 is 0 Å². The smallest absolute Gasteiger partial charge is 0.251 e. The molecular formula is C32H38N4O3. The van der Waals surface area contributed by atoms with Crippen LogP contribution >= 0.6 is 0 Å². The van der Waals surface area contributed by atoms with Gasteiger partial charge in [-0.15, -0.1) is 0 Å². The van der Waals surface area contributed by atoms with Gasteiger partial charge in [-0.3, -0.25) is 9.59 Å². The molecule has 3 aromatic carbocycles. The van der Waals surface area contributed by atoms with Crippen LogP contribution in [-0.4, -0.2) is 47.7 Å². The highest BCUT2D eigenvalue weighted by molar-refractivity contribution is 5.96. The number of anilines is 1. The summed E-state index contributed by atoms with van der Waals surface area (Å²) < 4.78 is 7.44. The van der Waals surface area contributed by atoms with E-state index in [4.69, 9.17) is 9.72 Å². The summed E-state index contributed by atoms with van der Waals surface area (Å²) in [4.78, 5) is 33.5. The van der Waals surface area contributed by atoms with Gasteiger partial charge in [-0.1, -0.05) is 55.0 Å². The van der Waals surface area contributed by atoms with E-state index in [1.54, 1.807) is 7.11 Å². The summed E-state index contributed by atoms with van der Waals surface area (Å²) in [5, 5.41) is 3.00. The average molecular weight is 527 g/mol. The van der Waals surface area contributed by atoms with E-state index in [9.17, 15) is 9.59 Å². The SMILES string of the molecule is CCc1cccc(C)c1N(C(=O)Cn1c(CCNC(=O)c2cccc(C)c2)nc2ccccc21)C(C)COC. The monoisotopic (exact) mass is 526 g/mol. The highest BCUT2D eigenvalue weighted by atomic mass is 16.5. The number of para-hydroxylation sites is 3. The minimum atomic E-state index is -0.152. The van der Waals surface area contributed by atoms with Gasteiger partial charge < -0.3 is 19.5 Å². The Morgan fingerprint density at radius 2 is 1.82 bits per heavy atom. The zero-order valence-electron chi connectivity index (χ0n) is 23.5. The van der Waals surface area contributed by atoms with E-state index in [2.05, 4.69) is 18.3 Å². The van der Waals surface area contributed by atoms with Crippen LogP contribution in [0.25, 0.3) is 11.0 Å². The first-order valence-electron chi connectivity index (χ1n) is 13.5. The number of amides is 2. The van der Waals surface area contributed by atoms with E-state index in [0.717, 1.165) is 45.7 Å². The lowest BCUT2D eigenvalue weighted by Crippen LogP contribution is -2.44. The molecule has 0 aliphatic carbocycles. The topological polar surface area (TPSA) is 76.5 Å². The molecule has 1 heterocycles. The molecule has 0 bridgehead atoms. The normalized spacial score (nSPS) is 11.9. The number of rotatable bonds is 11. The fraction of sp³-hybridized carbons (Fsp3) is 0.344. The predicted octanol–water partition coefficient (Wildman–Crippen LogP) is 5.26. The lowest BCUT2D eigenvalue weighted by molar-refractivity contribution is -0.119. The molecule has 204 valence electrons. The number of fused-ring (bicyclic) bond motifs is 1. The standard InChI is InChI=1S/C32H38N4O3/c1-6-25-13-10-12-23(3)31(25)36(24(4)21-39-5)30(37)20-35-28-16-8-7-15-27(28)34-29(35)17-18-33-32(38)26-14-9-11-22(2)19-26/h7-16,19,24H,6,17-18,20-21H2,1-5H3,(H,33,38). The predicted molar refractivity (Wildman–Crippen MR) is 156 cm³/mol. The summed E-state index contributed by atoms with van der Waals surface area (Å²) >= 11 is 0. The van der Waals surface area contributed by atoms with E-state index >= 15 is 0 Å². The molecule has 4 aromatic rings. The Labute approximate surface area is 230 Å². The van der Waals surface area contributed by atoms with Crippen LogP contribution in [-0.2, 0) is 28.9 Å². The van der Waals surface area contributed by atoms with Crippen molar-refractivity contribution in [1.82, 2.24) is 14.9 Å². The van der Waals surface area contributed by atoms with Gasteiger partial charge in [-0.2, -0.15) is 0 Å². The van der Waals surface area contributed by atoms with Crippen LogP contribution in [0.3, 0.4) is 0 Å². The summed E-state index contributed by atoms with van der Waals surface area (Å²) in [7, 11) is 1.66. The molecular weight excluding hydrogens is 488 g/mol. The molecule has 1 unspecified atom stereocenters. The van der Waals surface area contributed by atoms with Crippen LogP contribution in [0.5, 0.6) is 0 Å². The minimum Gasteiger partial charge on any atom is -0.383 e. The number of aryl methyl sites for hydroxylation is 3. The molecule has 4 rings (SSSR count). The first-order chi connectivity index (χ1) is 18.8. The van der Waals surface area contributed by atoms with Crippen LogP contribution in [0.4, 0.5) is 5.69 Å². The molecule has 7 heteroatoms. The Bertz CT molecular complexity index is 1460. The third kappa shape index (κ3) is 6.37. The van der Waals surface area contributed by atoms with Crippen molar-refractivity contribution >= 4 is 28.5 Å². The fourth-order valence-corrected chi connectivity index (χ4v) is 5.14. The number of benzene rings is 3. The maximum atomic E-state index is 14.1. The largest absolute Gasteiger partial charge is 0.383 e. The van der Waals surface area contributed by atoms with Crippen molar-refractivity contribution < 1.29 is 14.3 Å². The van der Waals surface area contributed by atoms with Gasteiger partial charge in [0.05, 0.1) is 29.4 Å². The van der Waals surface area contributed by atoms with Gasteiger partial charge in [0, 0.05) is 25.6 Å². The summed E-state index contributed by atoms with van der Waals surface area (Å²) in [6.07, 6.45) is 1.32. The second kappa shape index (κ2) is 12.7. The summed E-state index contributed by atoms with van der Waals surface area (Å²) in [5.74, 6) is 0.606. The van der Waals surface area contributed by atoms with Crippen molar-refractivity contribution in [2.75, 3.05) is 25.2 Å². The van der Waals surface area contributed by atoms with Crippen molar-refractivity contribution in [2.45, 2.75) is 53.1 Å². The number of nitrogens with zero attached hydrogens (tertiary/aromatic N) is 3. The number of carbonyl (C=O) groups excluding carboxylic acids is 2. The van der Waals surface area contributed by atoms with Gasteiger partial charge in [-0.05, 0) is 62.6 Å². The van der Waals surface area contributed by atoms with Crippen LogP contribution in [0.1, 0.15) is 46.7 Å². The number of carbonyl (C=O) groups is 2. The minimum absolute atomic E-state index is 0.0308. The molecule has 0 radical (unpaired) electrons. The second-order valence-corrected chi connectivity index (χ2v) is 9.98. The number of methoxy groups -OCH3 is 1. The van der Waals surface area contributed by atoms with Crippen molar-refractivity contribution in [3.63, 3.8) is 0 Å². The highest BCUT2D eigenvalue weighted by Crippen LogP contribution is 2.29. The summed E-state index contributed by atoms with van der Waals surface area (Å²) in [5.41, 5.74) is 6.52. The summed E-state index contributed by atoms with van der Waals surface area (Å²) in [6.45, 7) is 9.09. The van der Waals surface area contributed by atoms with E-state index in [1.165, 1.54) is 0 Å². The molecule has 0 saturated heterocycles. The Morgan fingerprint density at radius 1 is 1.05 bits per heavy atom. The number of nitrogens with one attached hydrogen (secondary N) is 1. The molecule has 0 spiro atoms. The Balaban J connectivity index is 1.62. The average Bonchev–Trinajstić information content (AvgIpc) is 3.26. The van der Waals surface area contributed by atoms with Crippen molar-refractivity contribution in [3.8, 4) is 0 Å². The molecule has 1 aromatic heterocycles. The molecule has 0 saturated carbocycles. The Morgan fingerprint density at radius 3 is 2.56 bits per heavy atom. The molecule has 0 aliphatic heterocycles. The van der Waals surface area contributed by atoms with E-state index in [-0.39, 0.29) is 24.4 Å². The number of aromatic nitrogens is 2. The summed E-state index contributed by atoms with van der Waals surface area (Å²) in [6, 6.07) is 21.4. The Kier molecular flexibility index (Phi) is 9.15. The molecule has 2 amide bonds. The molecule has 7 nitrogen and oxygen atoms in total. The van der Waals surface area contributed by atoms with Crippen LogP contribution in [0.15, 0.2) is 66.7 Å². The zero-order valence-corrected chi connectivity index (χ0v) is 23.5. The van der Waals surface area contributed by atoms with E-state index < -0.39 is 0 Å². The van der Waals surface area contributed by atoms with Crippen LogP contribution < -0.4 is 10.2 Å². The number of imidazole rings is 1. The van der Waals surface area contributed by atoms with Gasteiger partial charge in [0.15, 0.2) is 0 Å². The van der Waals surface area contributed by atoms with E-state index in [0.29, 0.717) is 25.1 Å². The Hall–Kier alpha value is -3.97. The molecule has 0 aliphatic rings. The fourth-order valence-electron chi connectivity index (χ4n) is 5.14. The lowest BCUT2D eigenvalue weighted by Gasteiger charge is -2.32. The van der Waals surface area contributed by atoms with Gasteiger partial charge in [-0.25, -0.2) is 4.98 Å². The van der Waals surface area contributed by atoms with Gasteiger partial charge in [0.2, 0.25) is 5.91 Å². The van der Waals surface area contributed by atoms with Crippen LogP contribution in [0.2, 0.25) is 0 Å². The molecule has 1 atom stereocenters. The zero-order chi connectivity index (χ0) is 27.9. The molecule has 39 heavy (non-hydrogen) atoms. The van der Waals surface area contributed by atoms with Crippen molar-refractivity contribution in [1.29, 1.82) is 0 Å². The van der Waals surface area contributed by atoms with E-state index in [1.807, 2.05) is 90.9 Å².